The van der Waals surface area contributed by atoms with Crippen LogP contribution in [0.1, 0.15) is 19.4 Å². The second-order valence-corrected chi connectivity index (χ2v) is 5.05. The molecule has 104 valence electrons. The number of para-hydroxylation sites is 1. The molecule has 0 atom stereocenters. The van der Waals surface area contributed by atoms with E-state index in [0.29, 0.717) is 0 Å². The van der Waals surface area contributed by atoms with Gasteiger partial charge < -0.3 is 10.6 Å². The summed E-state index contributed by atoms with van der Waals surface area (Å²) in [6.07, 6.45) is 0. The smallest absolute Gasteiger partial charge is 0.320 e. The molecule has 0 saturated heterocycles. The van der Waals surface area contributed by atoms with Crippen LogP contribution in [0.15, 0.2) is 54.6 Å². The number of urea groups is 1. The molecule has 2 N–H and O–H groups in total. The molecule has 0 aromatic heterocycles. The van der Waals surface area contributed by atoms with Crippen molar-refractivity contribution in [2.45, 2.75) is 19.4 Å². The summed E-state index contributed by atoms with van der Waals surface area (Å²) in [6.45, 7) is 3.78. The van der Waals surface area contributed by atoms with Crippen molar-refractivity contribution in [2.75, 3.05) is 5.32 Å². The molecule has 2 amide bonds. The topological polar surface area (TPSA) is 41.1 Å². The van der Waals surface area contributed by atoms with Crippen LogP contribution in [-0.4, -0.2) is 6.03 Å². The quantitative estimate of drug-likeness (QED) is 0.874. The number of nitrogens with one attached hydrogen (secondary N) is 2. The van der Waals surface area contributed by atoms with E-state index in [0.717, 1.165) is 5.56 Å². The molecule has 0 saturated carbocycles. The minimum absolute atomic E-state index is 0.161. The molecular formula is C16H17FN2O. The summed E-state index contributed by atoms with van der Waals surface area (Å²) >= 11 is 0. The van der Waals surface area contributed by atoms with Crippen molar-refractivity contribution in [3.05, 3.63) is 66.0 Å². The molecule has 2 aromatic carbocycles. The highest BCUT2D eigenvalue weighted by atomic mass is 19.1. The fraction of sp³-hybridized carbons (Fsp3) is 0.188. The molecule has 0 fully saturated rings. The number of rotatable bonds is 3. The first-order valence-electron chi connectivity index (χ1n) is 6.38. The van der Waals surface area contributed by atoms with Crippen LogP contribution < -0.4 is 10.6 Å². The van der Waals surface area contributed by atoms with Crippen LogP contribution in [-0.2, 0) is 5.54 Å². The Bertz CT molecular complexity index is 596. The van der Waals surface area contributed by atoms with E-state index < -0.39 is 17.4 Å². The molecule has 0 aliphatic carbocycles. The Kier molecular flexibility index (Phi) is 4.03. The van der Waals surface area contributed by atoms with Crippen molar-refractivity contribution < 1.29 is 9.18 Å². The SMILES string of the molecule is CC(C)(NC(=O)Nc1ccccc1F)c1ccccc1. The van der Waals surface area contributed by atoms with Crippen molar-refractivity contribution in [1.29, 1.82) is 0 Å². The Labute approximate surface area is 117 Å². The maximum absolute atomic E-state index is 13.5. The van der Waals surface area contributed by atoms with Crippen molar-refractivity contribution in [1.82, 2.24) is 5.32 Å². The monoisotopic (exact) mass is 272 g/mol. The maximum Gasteiger partial charge on any atom is 0.320 e. The molecule has 3 nitrogen and oxygen atoms in total. The van der Waals surface area contributed by atoms with Gasteiger partial charge in [0.05, 0.1) is 11.2 Å². The van der Waals surface area contributed by atoms with Gasteiger partial charge in [-0.15, -0.1) is 0 Å². The molecule has 20 heavy (non-hydrogen) atoms. The van der Waals surface area contributed by atoms with E-state index in [1.54, 1.807) is 12.1 Å². The van der Waals surface area contributed by atoms with E-state index in [-0.39, 0.29) is 5.69 Å². The van der Waals surface area contributed by atoms with Gasteiger partial charge in [-0.1, -0.05) is 42.5 Å². The maximum atomic E-state index is 13.5. The van der Waals surface area contributed by atoms with Crippen LogP contribution in [0.4, 0.5) is 14.9 Å². The van der Waals surface area contributed by atoms with E-state index in [4.69, 9.17) is 0 Å². The first-order chi connectivity index (χ1) is 9.49. The van der Waals surface area contributed by atoms with E-state index in [1.165, 1.54) is 12.1 Å². The lowest BCUT2D eigenvalue weighted by atomic mass is 9.95. The summed E-state index contributed by atoms with van der Waals surface area (Å²) in [5.74, 6) is -0.458. The summed E-state index contributed by atoms with van der Waals surface area (Å²) in [6, 6.07) is 15.2. The molecule has 0 heterocycles. The van der Waals surface area contributed by atoms with Gasteiger partial charge in [0.1, 0.15) is 5.82 Å². The fourth-order valence-electron chi connectivity index (χ4n) is 1.93. The van der Waals surface area contributed by atoms with E-state index in [9.17, 15) is 9.18 Å². The van der Waals surface area contributed by atoms with Gasteiger partial charge in [-0.25, -0.2) is 9.18 Å². The van der Waals surface area contributed by atoms with Crippen molar-refractivity contribution in [3.8, 4) is 0 Å². The number of hydrogen-bond donors (Lipinski definition) is 2. The molecule has 0 aliphatic rings. The highest BCUT2D eigenvalue weighted by molar-refractivity contribution is 5.89. The van der Waals surface area contributed by atoms with Gasteiger partial charge in [0.15, 0.2) is 0 Å². The number of carbonyl (C=O) groups is 1. The van der Waals surface area contributed by atoms with Crippen LogP contribution in [0.5, 0.6) is 0 Å². The molecule has 4 heteroatoms. The van der Waals surface area contributed by atoms with Crippen molar-refractivity contribution in [3.63, 3.8) is 0 Å². The zero-order valence-electron chi connectivity index (χ0n) is 11.5. The number of anilines is 1. The lowest BCUT2D eigenvalue weighted by Gasteiger charge is -2.27. The second kappa shape index (κ2) is 5.74. The first-order valence-corrected chi connectivity index (χ1v) is 6.38. The Morgan fingerprint density at radius 2 is 1.60 bits per heavy atom. The number of carbonyl (C=O) groups excluding carboxylic acids is 1. The highest BCUT2D eigenvalue weighted by Crippen LogP contribution is 2.20. The number of halogens is 1. The third-order valence-electron chi connectivity index (χ3n) is 3.04. The number of benzene rings is 2. The van der Waals surface area contributed by atoms with Crippen LogP contribution in [0.3, 0.4) is 0 Å². The average Bonchev–Trinajstić information content (AvgIpc) is 2.42. The van der Waals surface area contributed by atoms with Gasteiger partial charge in [-0.05, 0) is 31.5 Å². The molecule has 0 spiro atoms. The van der Waals surface area contributed by atoms with Gasteiger partial charge in [-0.2, -0.15) is 0 Å². The first kappa shape index (κ1) is 14.1. The second-order valence-electron chi connectivity index (χ2n) is 5.05. The summed E-state index contributed by atoms with van der Waals surface area (Å²) in [4.78, 5) is 12.0. The zero-order chi connectivity index (χ0) is 14.6. The summed E-state index contributed by atoms with van der Waals surface area (Å²) < 4.78 is 13.5. The third-order valence-corrected chi connectivity index (χ3v) is 3.04. The fourth-order valence-corrected chi connectivity index (χ4v) is 1.93. The Morgan fingerprint density at radius 3 is 2.25 bits per heavy atom. The van der Waals surface area contributed by atoms with Gasteiger partial charge in [0.2, 0.25) is 0 Å². The Hall–Kier alpha value is -2.36. The predicted molar refractivity (Wildman–Crippen MR) is 78.0 cm³/mol. The molecule has 0 aliphatic heterocycles. The summed E-state index contributed by atoms with van der Waals surface area (Å²) in [7, 11) is 0. The molecule has 2 rings (SSSR count). The molecule has 0 unspecified atom stereocenters. The predicted octanol–water partition coefficient (Wildman–Crippen LogP) is 3.88. The lowest BCUT2D eigenvalue weighted by Crippen LogP contribution is -2.43. The standard InChI is InChI=1S/C16H17FN2O/c1-16(2,12-8-4-3-5-9-12)19-15(20)18-14-11-7-6-10-13(14)17/h3-11H,1-2H3,(H2,18,19,20). The minimum Gasteiger partial charge on any atom is -0.329 e. The zero-order valence-corrected chi connectivity index (χ0v) is 11.5. The average molecular weight is 272 g/mol. The van der Waals surface area contributed by atoms with Gasteiger partial charge in [0.25, 0.3) is 0 Å². The normalized spacial score (nSPS) is 10.9. The molecular weight excluding hydrogens is 255 g/mol. The van der Waals surface area contributed by atoms with E-state index in [1.807, 2.05) is 44.2 Å². The van der Waals surface area contributed by atoms with Crippen LogP contribution in [0.25, 0.3) is 0 Å². The number of amides is 2. The van der Waals surface area contributed by atoms with Crippen molar-refractivity contribution in [2.24, 2.45) is 0 Å². The van der Waals surface area contributed by atoms with Crippen LogP contribution in [0, 0.1) is 5.82 Å². The van der Waals surface area contributed by atoms with E-state index >= 15 is 0 Å². The van der Waals surface area contributed by atoms with Crippen molar-refractivity contribution >= 4 is 11.7 Å². The summed E-state index contributed by atoms with van der Waals surface area (Å²) in [5, 5.41) is 5.34. The van der Waals surface area contributed by atoms with Gasteiger partial charge >= 0.3 is 6.03 Å². The minimum atomic E-state index is -0.545. The Morgan fingerprint density at radius 1 is 1.00 bits per heavy atom. The molecule has 0 bridgehead atoms. The van der Waals surface area contributed by atoms with Crippen LogP contribution in [0.2, 0.25) is 0 Å². The largest absolute Gasteiger partial charge is 0.329 e. The third kappa shape index (κ3) is 3.35. The van der Waals surface area contributed by atoms with Gasteiger partial charge in [-0.3, -0.25) is 0 Å². The molecule has 2 aromatic rings. The summed E-state index contributed by atoms with van der Waals surface area (Å²) in [5.41, 5.74) is 0.592. The van der Waals surface area contributed by atoms with Crippen LogP contribution >= 0.6 is 0 Å². The number of hydrogen-bond acceptors (Lipinski definition) is 1. The molecule has 0 radical (unpaired) electrons. The van der Waals surface area contributed by atoms with E-state index in [2.05, 4.69) is 10.6 Å². The highest BCUT2D eigenvalue weighted by Gasteiger charge is 2.22. The Balaban J connectivity index is 2.07. The van der Waals surface area contributed by atoms with Gasteiger partial charge in [0, 0.05) is 0 Å². The lowest BCUT2D eigenvalue weighted by molar-refractivity contribution is 0.241.